The van der Waals surface area contributed by atoms with Crippen molar-refractivity contribution < 1.29 is 9.53 Å². The Morgan fingerprint density at radius 3 is 2.55 bits per heavy atom. The predicted molar refractivity (Wildman–Crippen MR) is 120 cm³/mol. The molecule has 0 spiro atoms. The van der Waals surface area contributed by atoms with Crippen LogP contribution in [0.3, 0.4) is 0 Å². The number of aromatic nitrogens is 4. The lowest BCUT2D eigenvalue weighted by atomic mass is 9.91. The lowest BCUT2D eigenvalue weighted by Gasteiger charge is -2.30. The number of hydrogen-bond donors (Lipinski definition) is 2. The molecule has 0 saturated heterocycles. The molecule has 4 rings (SSSR count). The van der Waals surface area contributed by atoms with Crippen molar-refractivity contribution in [1.82, 2.24) is 25.1 Å². The number of carbonyl (C=O) groups excluding carboxylic acids is 1. The Hall–Kier alpha value is -2.64. The molecule has 0 atom stereocenters. The van der Waals surface area contributed by atoms with Crippen molar-refractivity contribution in [2.24, 2.45) is 13.0 Å². The Labute approximate surface area is 184 Å². The molecule has 2 aromatic rings. The minimum Gasteiger partial charge on any atom is -0.444 e. The van der Waals surface area contributed by atoms with E-state index < -0.39 is 5.60 Å². The van der Waals surface area contributed by atoms with Crippen LogP contribution in [0.1, 0.15) is 65.0 Å². The van der Waals surface area contributed by atoms with E-state index >= 15 is 0 Å². The molecule has 2 aromatic heterocycles. The Kier molecular flexibility index (Phi) is 6.16. The first kappa shape index (κ1) is 21.6. The van der Waals surface area contributed by atoms with Crippen LogP contribution in [0.25, 0.3) is 11.3 Å². The van der Waals surface area contributed by atoms with Crippen LogP contribution in [0.2, 0.25) is 0 Å². The maximum Gasteiger partial charge on any atom is 0.407 e. The van der Waals surface area contributed by atoms with Crippen molar-refractivity contribution in [3.8, 4) is 11.3 Å². The van der Waals surface area contributed by atoms with Gasteiger partial charge in [0.05, 0.1) is 11.9 Å². The quantitative estimate of drug-likeness (QED) is 0.723. The van der Waals surface area contributed by atoms with E-state index in [-0.39, 0.29) is 12.1 Å². The van der Waals surface area contributed by atoms with Gasteiger partial charge in [0.1, 0.15) is 5.60 Å². The number of rotatable bonds is 6. The summed E-state index contributed by atoms with van der Waals surface area (Å²) in [5.41, 5.74) is 2.80. The number of ether oxygens (including phenoxy) is 1. The number of carbonyl (C=O) groups is 1. The molecule has 0 aliphatic heterocycles. The van der Waals surface area contributed by atoms with Crippen LogP contribution in [0.15, 0.2) is 18.5 Å². The lowest BCUT2D eigenvalue weighted by Crippen LogP contribution is -2.42. The normalized spacial score (nSPS) is 21.5. The third-order valence-corrected chi connectivity index (χ3v) is 5.95. The highest BCUT2D eigenvalue weighted by atomic mass is 16.6. The summed E-state index contributed by atoms with van der Waals surface area (Å²) in [5.74, 6) is 1.44. The molecule has 0 unspecified atom stereocenters. The van der Waals surface area contributed by atoms with Crippen molar-refractivity contribution in [2.75, 3.05) is 5.32 Å². The van der Waals surface area contributed by atoms with Gasteiger partial charge in [-0.3, -0.25) is 4.68 Å². The SMILES string of the molecule is Cn1ncc(-c2ccnc(NC3CCC(NC(=O)OC(C)(C)C)CC3)n2)c1CC1CC1. The van der Waals surface area contributed by atoms with E-state index in [1.807, 2.05) is 51.0 Å². The molecule has 2 N–H and O–H groups in total. The first-order chi connectivity index (χ1) is 14.8. The lowest BCUT2D eigenvalue weighted by molar-refractivity contribution is 0.0492. The second-order valence-electron chi connectivity index (χ2n) is 9.88. The monoisotopic (exact) mass is 426 g/mol. The molecule has 2 aliphatic carbocycles. The number of alkyl carbamates (subject to hydrolysis) is 1. The first-order valence-corrected chi connectivity index (χ1v) is 11.4. The Morgan fingerprint density at radius 2 is 1.87 bits per heavy atom. The third-order valence-electron chi connectivity index (χ3n) is 5.95. The van der Waals surface area contributed by atoms with Gasteiger partial charge in [-0.05, 0) is 77.7 Å². The molecule has 8 nitrogen and oxygen atoms in total. The summed E-state index contributed by atoms with van der Waals surface area (Å²) in [6.45, 7) is 5.63. The zero-order chi connectivity index (χ0) is 22.0. The highest BCUT2D eigenvalue weighted by Gasteiger charge is 2.27. The molecule has 0 aromatic carbocycles. The minimum atomic E-state index is -0.474. The molecule has 2 fully saturated rings. The molecule has 31 heavy (non-hydrogen) atoms. The Bertz CT molecular complexity index is 907. The Morgan fingerprint density at radius 1 is 1.16 bits per heavy atom. The molecule has 8 heteroatoms. The van der Waals surface area contributed by atoms with Gasteiger partial charge >= 0.3 is 6.09 Å². The number of nitrogens with zero attached hydrogens (tertiary/aromatic N) is 4. The molecule has 2 saturated carbocycles. The van der Waals surface area contributed by atoms with Gasteiger partial charge in [0.25, 0.3) is 0 Å². The van der Waals surface area contributed by atoms with Crippen LogP contribution in [-0.4, -0.2) is 43.5 Å². The van der Waals surface area contributed by atoms with Crippen molar-refractivity contribution in [3.05, 3.63) is 24.2 Å². The van der Waals surface area contributed by atoms with Gasteiger partial charge in [0.2, 0.25) is 5.95 Å². The third kappa shape index (κ3) is 5.95. The molecular weight excluding hydrogens is 392 g/mol. The highest BCUT2D eigenvalue weighted by Crippen LogP contribution is 2.35. The summed E-state index contributed by atoms with van der Waals surface area (Å²) >= 11 is 0. The number of hydrogen-bond acceptors (Lipinski definition) is 6. The molecular formula is C23H34N6O2. The first-order valence-electron chi connectivity index (χ1n) is 11.4. The summed E-state index contributed by atoms with van der Waals surface area (Å²) in [4.78, 5) is 21.2. The zero-order valence-electron chi connectivity index (χ0n) is 19.0. The largest absolute Gasteiger partial charge is 0.444 e. The average molecular weight is 427 g/mol. The summed E-state index contributed by atoms with van der Waals surface area (Å²) < 4.78 is 7.34. The van der Waals surface area contributed by atoms with Gasteiger partial charge in [-0.25, -0.2) is 14.8 Å². The zero-order valence-corrected chi connectivity index (χ0v) is 19.0. The van der Waals surface area contributed by atoms with Crippen LogP contribution >= 0.6 is 0 Å². The maximum atomic E-state index is 12.0. The topological polar surface area (TPSA) is 94.0 Å². The molecule has 2 heterocycles. The fraction of sp³-hybridized carbons (Fsp3) is 0.652. The van der Waals surface area contributed by atoms with Gasteiger partial charge in [0, 0.05) is 36.6 Å². The fourth-order valence-corrected chi connectivity index (χ4v) is 4.13. The van der Waals surface area contributed by atoms with E-state index in [2.05, 4.69) is 20.7 Å². The van der Waals surface area contributed by atoms with Crippen LogP contribution < -0.4 is 10.6 Å². The second-order valence-corrected chi connectivity index (χ2v) is 9.88. The average Bonchev–Trinajstić information content (AvgIpc) is 3.44. The fourth-order valence-electron chi connectivity index (χ4n) is 4.13. The van der Waals surface area contributed by atoms with E-state index in [1.165, 1.54) is 18.5 Å². The van der Waals surface area contributed by atoms with Crippen molar-refractivity contribution in [1.29, 1.82) is 0 Å². The van der Waals surface area contributed by atoms with Crippen molar-refractivity contribution in [3.63, 3.8) is 0 Å². The van der Waals surface area contributed by atoms with Gasteiger partial charge in [-0.2, -0.15) is 5.10 Å². The van der Waals surface area contributed by atoms with Gasteiger partial charge in [0.15, 0.2) is 0 Å². The molecule has 2 aliphatic rings. The van der Waals surface area contributed by atoms with Crippen LogP contribution in [0.4, 0.5) is 10.7 Å². The van der Waals surface area contributed by atoms with Crippen LogP contribution in [0.5, 0.6) is 0 Å². The van der Waals surface area contributed by atoms with Crippen molar-refractivity contribution in [2.45, 2.75) is 83.4 Å². The van der Waals surface area contributed by atoms with Crippen molar-refractivity contribution >= 4 is 12.0 Å². The number of nitrogens with one attached hydrogen (secondary N) is 2. The molecule has 0 radical (unpaired) electrons. The van der Waals surface area contributed by atoms with E-state index in [0.717, 1.165) is 49.3 Å². The second kappa shape index (κ2) is 8.85. The van der Waals surface area contributed by atoms with E-state index in [9.17, 15) is 4.79 Å². The number of anilines is 1. The van der Waals surface area contributed by atoms with Gasteiger partial charge in [-0.1, -0.05) is 0 Å². The van der Waals surface area contributed by atoms with E-state index in [4.69, 9.17) is 9.72 Å². The molecule has 168 valence electrons. The Balaban J connectivity index is 1.33. The minimum absolute atomic E-state index is 0.153. The van der Waals surface area contributed by atoms with E-state index in [0.29, 0.717) is 12.0 Å². The molecule has 0 bridgehead atoms. The summed E-state index contributed by atoms with van der Waals surface area (Å²) in [6, 6.07) is 2.41. The van der Waals surface area contributed by atoms with Gasteiger partial charge in [-0.15, -0.1) is 0 Å². The van der Waals surface area contributed by atoms with Crippen LogP contribution in [0, 0.1) is 5.92 Å². The summed E-state index contributed by atoms with van der Waals surface area (Å²) in [7, 11) is 2.01. The number of amides is 1. The maximum absolute atomic E-state index is 12.0. The molecule has 1 amide bonds. The van der Waals surface area contributed by atoms with Gasteiger partial charge < -0.3 is 15.4 Å². The standard InChI is InChI=1S/C23H34N6O2/c1-23(2,3)31-22(30)27-17-9-7-16(8-10-17)26-21-24-12-11-19(28-21)18-14-25-29(4)20(18)13-15-5-6-15/h11-12,14-17H,5-10,13H2,1-4H3,(H,27,30)(H,24,26,28). The number of aryl methyl sites for hydroxylation is 1. The van der Waals surface area contributed by atoms with Crippen LogP contribution in [-0.2, 0) is 18.2 Å². The smallest absolute Gasteiger partial charge is 0.407 e. The summed E-state index contributed by atoms with van der Waals surface area (Å²) in [6.07, 6.45) is 10.8. The summed E-state index contributed by atoms with van der Waals surface area (Å²) in [5, 5.41) is 10.9. The highest BCUT2D eigenvalue weighted by molar-refractivity contribution is 5.68. The predicted octanol–water partition coefficient (Wildman–Crippen LogP) is 4.08. The van der Waals surface area contributed by atoms with E-state index in [1.54, 1.807) is 0 Å².